The van der Waals surface area contributed by atoms with Gasteiger partial charge in [0.1, 0.15) is 12.4 Å². The van der Waals surface area contributed by atoms with Crippen LogP contribution in [0, 0.1) is 18.3 Å². The van der Waals surface area contributed by atoms with E-state index in [1.165, 1.54) is 0 Å². The summed E-state index contributed by atoms with van der Waals surface area (Å²) in [6.45, 7) is 2.16. The Hall–Kier alpha value is -1.66. The number of carbonyl (C=O) groups excluding carboxylic acids is 1. The molecule has 102 valence electrons. The van der Waals surface area contributed by atoms with Crippen molar-refractivity contribution in [3.05, 3.63) is 28.8 Å². The largest absolute Gasteiger partial charge is 0.481 e. The lowest BCUT2D eigenvalue weighted by Crippen LogP contribution is -2.28. The second-order valence-corrected chi connectivity index (χ2v) is 4.54. The van der Waals surface area contributed by atoms with Crippen molar-refractivity contribution in [2.24, 2.45) is 5.92 Å². The van der Waals surface area contributed by atoms with E-state index in [0.29, 0.717) is 17.2 Å². The molecular formula is C15H18ClNO2. The van der Waals surface area contributed by atoms with Gasteiger partial charge in [0.15, 0.2) is 0 Å². The first-order chi connectivity index (χ1) is 9.13. The second-order valence-electron chi connectivity index (χ2n) is 4.13. The van der Waals surface area contributed by atoms with Gasteiger partial charge in [-0.05, 0) is 25.0 Å². The highest BCUT2D eigenvalue weighted by atomic mass is 35.5. The number of carbonyl (C=O) groups is 1. The van der Waals surface area contributed by atoms with Gasteiger partial charge in [0.05, 0.1) is 0 Å². The zero-order valence-electron chi connectivity index (χ0n) is 11.2. The molecule has 0 aromatic heterocycles. The maximum Gasteiger partial charge on any atom is 0.223 e. The van der Waals surface area contributed by atoms with Gasteiger partial charge in [-0.2, -0.15) is 0 Å². The van der Waals surface area contributed by atoms with Crippen LogP contribution >= 0.6 is 11.6 Å². The van der Waals surface area contributed by atoms with E-state index in [2.05, 4.69) is 11.2 Å². The number of benzene rings is 1. The smallest absolute Gasteiger partial charge is 0.223 e. The number of hydrogen-bond donors (Lipinski definition) is 1. The van der Waals surface area contributed by atoms with Gasteiger partial charge < -0.3 is 10.1 Å². The van der Waals surface area contributed by atoms with Gasteiger partial charge >= 0.3 is 0 Å². The number of hydrogen-bond acceptors (Lipinski definition) is 2. The third-order valence-electron chi connectivity index (χ3n) is 2.95. The Labute approximate surface area is 119 Å². The molecule has 0 aliphatic rings. The lowest BCUT2D eigenvalue weighted by atomic mass is 9.95. The summed E-state index contributed by atoms with van der Waals surface area (Å²) in [6, 6.07) is 5.41. The molecule has 0 aliphatic carbocycles. The monoisotopic (exact) mass is 279 g/mol. The van der Waals surface area contributed by atoms with Crippen molar-refractivity contribution < 1.29 is 9.53 Å². The van der Waals surface area contributed by atoms with Gasteiger partial charge in [0.25, 0.3) is 0 Å². The highest BCUT2D eigenvalue weighted by Crippen LogP contribution is 2.29. The summed E-state index contributed by atoms with van der Waals surface area (Å²) in [5.74, 6) is 2.94. The predicted molar refractivity (Wildman–Crippen MR) is 77.3 cm³/mol. The van der Waals surface area contributed by atoms with Crippen molar-refractivity contribution in [1.82, 2.24) is 5.32 Å². The zero-order valence-corrected chi connectivity index (χ0v) is 12.0. The van der Waals surface area contributed by atoms with Crippen LogP contribution in [0.25, 0.3) is 0 Å². The van der Waals surface area contributed by atoms with E-state index in [4.69, 9.17) is 22.8 Å². The summed E-state index contributed by atoms with van der Waals surface area (Å²) in [4.78, 5) is 11.8. The Morgan fingerprint density at radius 2 is 2.32 bits per heavy atom. The van der Waals surface area contributed by atoms with E-state index in [0.717, 1.165) is 12.0 Å². The normalized spacial score (nSPS) is 11.5. The number of amides is 1. The van der Waals surface area contributed by atoms with Crippen LogP contribution in [-0.2, 0) is 11.2 Å². The molecule has 0 saturated carbocycles. The Morgan fingerprint density at radius 3 is 2.89 bits per heavy atom. The summed E-state index contributed by atoms with van der Waals surface area (Å²) in [7, 11) is 1.63. The summed E-state index contributed by atoms with van der Waals surface area (Å²) in [5, 5.41) is 3.26. The van der Waals surface area contributed by atoms with Crippen molar-refractivity contribution in [3.8, 4) is 18.1 Å². The molecule has 1 rings (SSSR count). The van der Waals surface area contributed by atoms with Gasteiger partial charge in [0.2, 0.25) is 5.91 Å². The minimum Gasteiger partial charge on any atom is -0.481 e. The third kappa shape index (κ3) is 4.18. The molecule has 0 heterocycles. The molecule has 0 aliphatic heterocycles. The lowest BCUT2D eigenvalue weighted by Gasteiger charge is -2.17. The highest BCUT2D eigenvalue weighted by molar-refractivity contribution is 6.31. The number of nitrogens with one attached hydrogen (secondary N) is 1. The molecule has 0 bridgehead atoms. The van der Waals surface area contributed by atoms with Gasteiger partial charge in [-0.1, -0.05) is 30.5 Å². The third-order valence-corrected chi connectivity index (χ3v) is 3.30. The lowest BCUT2D eigenvalue weighted by molar-refractivity contribution is -0.124. The molecule has 4 heteroatoms. The number of ether oxygens (including phenoxy) is 1. The molecule has 3 nitrogen and oxygen atoms in total. The number of halogens is 1. The molecule has 1 aromatic rings. The van der Waals surface area contributed by atoms with Crippen LogP contribution in [0.4, 0.5) is 0 Å². The molecular weight excluding hydrogens is 262 g/mol. The summed E-state index contributed by atoms with van der Waals surface area (Å²) < 4.78 is 5.47. The van der Waals surface area contributed by atoms with Crippen molar-refractivity contribution in [1.29, 1.82) is 0 Å². The Balaban J connectivity index is 2.97. The van der Waals surface area contributed by atoms with Gasteiger partial charge in [-0.25, -0.2) is 0 Å². The first kappa shape index (κ1) is 15.4. The van der Waals surface area contributed by atoms with Gasteiger partial charge in [-0.3, -0.25) is 4.79 Å². The Kier molecular flexibility index (Phi) is 6.24. The van der Waals surface area contributed by atoms with Crippen molar-refractivity contribution in [2.75, 3.05) is 13.7 Å². The maximum absolute atomic E-state index is 11.8. The fourth-order valence-electron chi connectivity index (χ4n) is 1.86. The second kappa shape index (κ2) is 7.70. The van der Waals surface area contributed by atoms with E-state index in [1.807, 2.05) is 13.0 Å². The summed E-state index contributed by atoms with van der Waals surface area (Å²) >= 11 is 6.19. The molecule has 0 fully saturated rings. The topological polar surface area (TPSA) is 38.3 Å². The first-order valence-corrected chi connectivity index (χ1v) is 6.57. The van der Waals surface area contributed by atoms with E-state index >= 15 is 0 Å². The SMILES string of the molecule is C#CCOc1cccc(Cl)c1CC(CC)C(=O)NC. The van der Waals surface area contributed by atoms with Gasteiger partial charge in [-0.15, -0.1) is 6.42 Å². The van der Waals surface area contributed by atoms with Crippen LogP contribution in [0.5, 0.6) is 5.75 Å². The summed E-state index contributed by atoms with van der Waals surface area (Å²) in [6.07, 6.45) is 6.46. The van der Waals surface area contributed by atoms with Crippen LogP contribution in [0.3, 0.4) is 0 Å². The minimum atomic E-state index is -0.127. The van der Waals surface area contributed by atoms with E-state index < -0.39 is 0 Å². The molecule has 1 aromatic carbocycles. The van der Waals surface area contributed by atoms with Crippen molar-refractivity contribution in [3.63, 3.8) is 0 Å². The average Bonchev–Trinajstić information content (AvgIpc) is 2.43. The van der Waals surface area contributed by atoms with Crippen LogP contribution in [0.2, 0.25) is 5.02 Å². The minimum absolute atomic E-state index is 0.00493. The van der Waals surface area contributed by atoms with E-state index in [1.54, 1.807) is 19.2 Å². The zero-order chi connectivity index (χ0) is 14.3. The quantitative estimate of drug-likeness (QED) is 0.813. The average molecular weight is 280 g/mol. The molecule has 1 unspecified atom stereocenters. The van der Waals surface area contributed by atoms with Crippen LogP contribution < -0.4 is 10.1 Å². The number of terminal acetylenes is 1. The molecule has 19 heavy (non-hydrogen) atoms. The Bertz CT molecular complexity index is 480. The Morgan fingerprint density at radius 1 is 1.58 bits per heavy atom. The molecule has 1 atom stereocenters. The molecule has 0 radical (unpaired) electrons. The summed E-state index contributed by atoms with van der Waals surface area (Å²) in [5.41, 5.74) is 0.829. The molecule has 1 amide bonds. The molecule has 0 saturated heterocycles. The van der Waals surface area contributed by atoms with Crippen molar-refractivity contribution in [2.45, 2.75) is 19.8 Å². The van der Waals surface area contributed by atoms with Crippen LogP contribution in [-0.4, -0.2) is 19.6 Å². The van der Waals surface area contributed by atoms with Gasteiger partial charge in [0, 0.05) is 23.6 Å². The fourth-order valence-corrected chi connectivity index (χ4v) is 2.11. The highest BCUT2D eigenvalue weighted by Gasteiger charge is 2.19. The van der Waals surface area contributed by atoms with Crippen LogP contribution in [0.15, 0.2) is 18.2 Å². The predicted octanol–water partition coefficient (Wildman–Crippen LogP) is 2.67. The van der Waals surface area contributed by atoms with E-state index in [-0.39, 0.29) is 18.4 Å². The fraction of sp³-hybridized carbons (Fsp3) is 0.400. The number of rotatable bonds is 6. The molecule has 1 N–H and O–H groups in total. The maximum atomic E-state index is 11.8. The standard InChI is InChI=1S/C15H18ClNO2/c1-4-9-19-14-8-6-7-13(16)12(14)10-11(5-2)15(18)17-3/h1,6-8,11H,5,9-10H2,2-3H3,(H,17,18). The van der Waals surface area contributed by atoms with E-state index in [9.17, 15) is 4.79 Å². The first-order valence-electron chi connectivity index (χ1n) is 6.19. The molecule has 0 spiro atoms. The van der Waals surface area contributed by atoms with Crippen molar-refractivity contribution >= 4 is 17.5 Å². The van der Waals surface area contributed by atoms with Crippen LogP contribution in [0.1, 0.15) is 18.9 Å².